The standard InChI is InChI=1S/C7H13OS/c1-9(2)5-7(8)6-3-4-6/h6H,3-5H2,1-2H3/q+1. The number of rotatable bonds is 3. The molecule has 1 nitrogen and oxygen atoms in total. The van der Waals surface area contributed by atoms with E-state index in [0.29, 0.717) is 22.6 Å². The summed E-state index contributed by atoms with van der Waals surface area (Å²) in [4.78, 5) is 11.0. The average molecular weight is 145 g/mol. The number of ketones is 1. The summed E-state index contributed by atoms with van der Waals surface area (Å²) in [5.74, 6) is 1.80. The Kier molecular flexibility index (Phi) is 2.17. The normalized spacial score (nSPS) is 18.6. The minimum Gasteiger partial charge on any atom is -0.294 e. The molecule has 0 bridgehead atoms. The summed E-state index contributed by atoms with van der Waals surface area (Å²) in [5, 5.41) is 0. The lowest BCUT2D eigenvalue weighted by Crippen LogP contribution is -2.14. The average Bonchev–Trinajstić information content (AvgIpc) is 2.40. The molecule has 9 heavy (non-hydrogen) atoms. The van der Waals surface area contributed by atoms with Crippen LogP contribution in [0.3, 0.4) is 0 Å². The van der Waals surface area contributed by atoms with E-state index in [-0.39, 0.29) is 0 Å². The van der Waals surface area contributed by atoms with Crippen molar-refractivity contribution in [1.82, 2.24) is 0 Å². The van der Waals surface area contributed by atoms with Crippen LogP contribution in [0.4, 0.5) is 0 Å². The highest BCUT2D eigenvalue weighted by Gasteiger charge is 2.31. The Morgan fingerprint density at radius 1 is 1.56 bits per heavy atom. The van der Waals surface area contributed by atoms with Gasteiger partial charge in [-0.15, -0.1) is 0 Å². The van der Waals surface area contributed by atoms with Gasteiger partial charge in [0.25, 0.3) is 0 Å². The van der Waals surface area contributed by atoms with Gasteiger partial charge in [-0.1, -0.05) is 0 Å². The Bertz CT molecular complexity index is 116. The van der Waals surface area contributed by atoms with Crippen LogP contribution in [-0.4, -0.2) is 24.0 Å². The zero-order valence-corrected chi connectivity index (χ0v) is 6.83. The van der Waals surface area contributed by atoms with Crippen LogP contribution in [0, 0.1) is 5.92 Å². The van der Waals surface area contributed by atoms with Gasteiger partial charge in [0.05, 0.1) is 12.5 Å². The van der Waals surface area contributed by atoms with Crippen LogP contribution in [0.15, 0.2) is 0 Å². The Morgan fingerprint density at radius 2 is 2.11 bits per heavy atom. The molecular formula is C7H13OS+. The molecule has 0 radical (unpaired) electrons. The second-order valence-electron chi connectivity index (χ2n) is 2.87. The summed E-state index contributed by atoms with van der Waals surface area (Å²) >= 11 is 0. The molecule has 0 amide bonds. The zero-order valence-electron chi connectivity index (χ0n) is 6.02. The van der Waals surface area contributed by atoms with Crippen molar-refractivity contribution >= 4 is 16.7 Å². The highest BCUT2D eigenvalue weighted by Crippen LogP contribution is 2.29. The molecule has 0 saturated heterocycles. The van der Waals surface area contributed by atoms with Crippen molar-refractivity contribution in [3.8, 4) is 0 Å². The highest BCUT2D eigenvalue weighted by atomic mass is 32.2. The topological polar surface area (TPSA) is 17.1 Å². The maximum absolute atomic E-state index is 11.0. The van der Waals surface area contributed by atoms with Crippen molar-refractivity contribution in [2.24, 2.45) is 5.92 Å². The van der Waals surface area contributed by atoms with E-state index < -0.39 is 0 Å². The molecule has 1 fully saturated rings. The van der Waals surface area contributed by atoms with Crippen LogP contribution in [0.1, 0.15) is 12.8 Å². The molecular weight excluding hydrogens is 132 g/mol. The molecule has 0 N–H and O–H groups in total. The molecule has 0 aromatic heterocycles. The van der Waals surface area contributed by atoms with Gasteiger partial charge in [0, 0.05) is 5.92 Å². The molecule has 0 atom stereocenters. The highest BCUT2D eigenvalue weighted by molar-refractivity contribution is 7.96. The molecule has 1 rings (SSSR count). The Hall–Kier alpha value is 0.0200. The number of carbonyl (C=O) groups excluding carboxylic acids is 1. The molecule has 0 aromatic carbocycles. The van der Waals surface area contributed by atoms with Crippen molar-refractivity contribution in [2.45, 2.75) is 12.8 Å². The van der Waals surface area contributed by atoms with Gasteiger partial charge in [-0.2, -0.15) is 0 Å². The fraction of sp³-hybridized carbons (Fsp3) is 0.857. The number of hydrogen-bond donors (Lipinski definition) is 0. The molecule has 0 aliphatic heterocycles. The summed E-state index contributed by atoms with van der Waals surface area (Å²) in [5.41, 5.74) is 0. The smallest absolute Gasteiger partial charge is 0.184 e. The predicted octanol–water partition coefficient (Wildman–Crippen LogP) is 0.843. The van der Waals surface area contributed by atoms with Crippen LogP contribution >= 0.6 is 0 Å². The van der Waals surface area contributed by atoms with Crippen LogP contribution in [0.2, 0.25) is 0 Å². The Morgan fingerprint density at radius 3 is 2.44 bits per heavy atom. The van der Waals surface area contributed by atoms with E-state index in [9.17, 15) is 4.79 Å². The first-order valence-corrected chi connectivity index (χ1v) is 5.48. The minimum absolute atomic E-state index is 0.324. The van der Waals surface area contributed by atoms with Gasteiger partial charge in [-0.25, -0.2) is 0 Å². The summed E-state index contributed by atoms with van der Waals surface area (Å²) in [6.45, 7) is 0. The molecule has 0 heterocycles. The monoisotopic (exact) mass is 145 g/mol. The van der Waals surface area contributed by atoms with Crippen LogP contribution < -0.4 is 0 Å². The molecule has 52 valence electrons. The Labute approximate surface area is 59.2 Å². The molecule has 0 unspecified atom stereocenters. The summed E-state index contributed by atoms with van der Waals surface area (Å²) < 4.78 is 0. The van der Waals surface area contributed by atoms with Crippen LogP contribution in [0.5, 0.6) is 0 Å². The molecule has 1 saturated carbocycles. The van der Waals surface area contributed by atoms with Gasteiger partial charge < -0.3 is 0 Å². The third-order valence-electron chi connectivity index (χ3n) is 1.46. The number of Topliss-reactive ketones (excluding diaryl/α,β-unsaturated/α-hetero) is 1. The molecule has 0 spiro atoms. The second kappa shape index (κ2) is 2.74. The second-order valence-corrected chi connectivity index (χ2v) is 5.13. The third-order valence-corrected chi connectivity index (χ3v) is 2.33. The van der Waals surface area contributed by atoms with E-state index in [2.05, 4.69) is 12.5 Å². The fourth-order valence-electron chi connectivity index (χ4n) is 0.808. The first-order valence-electron chi connectivity index (χ1n) is 3.27. The van der Waals surface area contributed by atoms with Crippen LogP contribution in [0.25, 0.3) is 0 Å². The van der Waals surface area contributed by atoms with Crippen molar-refractivity contribution in [2.75, 3.05) is 18.3 Å². The number of carbonyl (C=O) groups is 1. The van der Waals surface area contributed by atoms with Crippen molar-refractivity contribution < 1.29 is 4.79 Å². The Balaban J connectivity index is 2.18. The first-order chi connectivity index (χ1) is 4.20. The first kappa shape index (κ1) is 7.13. The third kappa shape index (κ3) is 2.39. The molecule has 2 heteroatoms. The maximum Gasteiger partial charge on any atom is 0.184 e. The quantitative estimate of drug-likeness (QED) is 0.538. The van der Waals surface area contributed by atoms with Crippen molar-refractivity contribution in [1.29, 1.82) is 0 Å². The maximum atomic E-state index is 11.0. The van der Waals surface area contributed by atoms with Gasteiger partial charge in [0.15, 0.2) is 11.5 Å². The summed E-state index contributed by atoms with van der Waals surface area (Å²) in [7, 11) is 0.324. The molecule has 1 aliphatic rings. The van der Waals surface area contributed by atoms with Gasteiger partial charge in [-0.3, -0.25) is 4.79 Å². The van der Waals surface area contributed by atoms with E-state index in [1.807, 2.05) is 0 Å². The lowest BCUT2D eigenvalue weighted by molar-refractivity contribution is -0.117. The molecule has 0 aromatic rings. The van der Waals surface area contributed by atoms with E-state index >= 15 is 0 Å². The van der Waals surface area contributed by atoms with Crippen molar-refractivity contribution in [3.63, 3.8) is 0 Å². The lowest BCUT2D eigenvalue weighted by Gasteiger charge is -1.92. The van der Waals surface area contributed by atoms with E-state index in [1.165, 1.54) is 0 Å². The molecule has 1 aliphatic carbocycles. The van der Waals surface area contributed by atoms with Crippen molar-refractivity contribution in [3.05, 3.63) is 0 Å². The van der Waals surface area contributed by atoms with Crippen LogP contribution in [-0.2, 0) is 15.7 Å². The largest absolute Gasteiger partial charge is 0.294 e. The summed E-state index contributed by atoms with van der Waals surface area (Å²) in [6, 6.07) is 0. The van der Waals surface area contributed by atoms with E-state index in [1.54, 1.807) is 0 Å². The zero-order chi connectivity index (χ0) is 6.85. The van der Waals surface area contributed by atoms with Gasteiger partial charge in [0.1, 0.15) is 0 Å². The van der Waals surface area contributed by atoms with E-state index in [4.69, 9.17) is 0 Å². The van der Waals surface area contributed by atoms with Gasteiger partial charge >= 0.3 is 0 Å². The van der Waals surface area contributed by atoms with Gasteiger partial charge in [0.2, 0.25) is 0 Å². The SMILES string of the molecule is C[S+](C)CC(=O)C1CC1. The fourth-order valence-corrected chi connectivity index (χ4v) is 1.61. The lowest BCUT2D eigenvalue weighted by atomic mass is 10.3. The van der Waals surface area contributed by atoms with Gasteiger partial charge in [-0.05, 0) is 23.7 Å². The summed E-state index contributed by atoms with van der Waals surface area (Å²) in [6.07, 6.45) is 6.58. The minimum atomic E-state index is 0.324. The van der Waals surface area contributed by atoms with E-state index in [0.717, 1.165) is 18.6 Å². The number of hydrogen-bond acceptors (Lipinski definition) is 1. The predicted molar refractivity (Wildman–Crippen MR) is 41.8 cm³/mol.